The second kappa shape index (κ2) is 3.10. The lowest BCUT2D eigenvalue weighted by Crippen LogP contribution is -1.92. The van der Waals surface area contributed by atoms with Crippen LogP contribution in [0.15, 0.2) is 16.9 Å². The van der Waals surface area contributed by atoms with Gasteiger partial charge in [-0.25, -0.2) is 4.98 Å². The number of nitrogens with zero attached hydrogens (tertiary/aromatic N) is 3. The van der Waals surface area contributed by atoms with Gasteiger partial charge in [0.2, 0.25) is 0 Å². The topological polar surface area (TPSA) is 30.7 Å². The summed E-state index contributed by atoms with van der Waals surface area (Å²) in [6.07, 6.45) is 1.97. The maximum Gasteiger partial charge on any atom is 0.114 e. The van der Waals surface area contributed by atoms with Crippen LogP contribution in [0.5, 0.6) is 0 Å². The minimum atomic E-state index is 0.869. The Labute approximate surface area is 84.9 Å². The van der Waals surface area contributed by atoms with Gasteiger partial charge in [0.05, 0.1) is 6.20 Å². The maximum absolute atomic E-state index is 4.41. The van der Waals surface area contributed by atoms with E-state index in [1.54, 1.807) is 0 Å². The normalized spacial score (nSPS) is 11.0. The fraction of sp³-hybridized carbons (Fsp3) is 0.333. The van der Waals surface area contributed by atoms with Gasteiger partial charge in [-0.1, -0.05) is 0 Å². The van der Waals surface area contributed by atoms with Crippen molar-refractivity contribution in [3.63, 3.8) is 0 Å². The average Bonchev–Trinajstić information content (AvgIpc) is 2.47. The van der Waals surface area contributed by atoms with Crippen molar-refractivity contribution in [2.45, 2.75) is 20.4 Å². The van der Waals surface area contributed by atoms with Crippen molar-refractivity contribution in [3.8, 4) is 0 Å². The zero-order chi connectivity index (χ0) is 9.42. The molecule has 2 aromatic heterocycles. The molecule has 0 radical (unpaired) electrons. The Hall–Kier alpha value is -0.900. The van der Waals surface area contributed by atoms with E-state index in [-0.39, 0.29) is 0 Å². The van der Waals surface area contributed by atoms with Crippen LogP contribution in [0.2, 0.25) is 0 Å². The standard InChI is InChI=1S/C9H10BrN3/c1-3-13-5-7-9(12-13)6(2)4-8(10)11-7/h4-5H,3H2,1-2H3. The highest BCUT2D eigenvalue weighted by atomic mass is 79.9. The van der Waals surface area contributed by atoms with Gasteiger partial charge in [0, 0.05) is 6.54 Å². The molecule has 0 amide bonds. The fourth-order valence-electron chi connectivity index (χ4n) is 1.33. The van der Waals surface area contributed by atoms with Crippen molar-refractivity contribution in [2.75, 3.05) is 0 Å². The van der Waals surface area contributed by atoms with Crippen LogP contribution in [0.1, 0.15) is 12.5 Å². The van der Waals surface area contributed by atoms with Crippen molar-refractivity contribution < 1.29 is 0 Å². The Balaban J connectivity index is 2.75. The second-order valence-corrected chi connectivity index (χ2v) is 3.79. The predicted molar refractivity (Wildman–Crippen MR) is 55.6 cm³/mol. The highest BCUT2D eigenvalue weighted by Crippen LogP contribution is 2.18. The molecule has 0 bridgehead atoms. The summed E-state index contributed by atoms with van der Waals surface area (Å²) in [6.45, 7) is 4.99. The van der Waals surface area contributed by atoms with Crippen LogP contribution in [0, 0.1) is 6.92 Å². The number of pyridine rings is 1. The minimum absolute atomic E-state index is 0.869. The number of rotatable bonds is 1. The third-order valence-electron chi connectivity index (χ3n) is 2.00. The van der Waals surface area contributed by atoms with Crippen LogP contribution in [0.25, 0.3) is 11.0 Å². The van der Waals surface area contributed by atoms with E-state index in [9.17, 15) is 0 Å². The summed E-state index contributed by atoms with van der Waals surface area (Å²) in [5.74, 6) is 0. The van der Waals surface area contributed by atoms with Gasteiger partial charge in [-0.05, 0) is 41.4 Å². The molecule has 0 atom stereocenters. The predicted octanol–water partition coefficient (Wildman–Crippen LogP) is 2.52. The average molecular weight is 240 g/mol. The summed E-state index contributed by atoms with van der Waals surface area (Å²) < 4.78 is 2.77. The lowest BCUT2D eigenvalue weighted by Gasteiger charge is -1.93. The summed E-state index contributed by atoms with van der Waals surface area (Å²) in [6, 6.07) is 1.98. The van der Waals surface area contributed by atoms with E-state index in [1.807, 2.05) is 23.9 Å². The molecule has 3 nitrogen and oxygen atoms in total. The van der Waals surface area contributed by atoms with E-state index in [1.165, 1.54) is 0 Å². The first kappa shape index (κ1) is 8.69. The Morgan fingerprint density at radius 3 is 3.00 bits per heavy atom. The number of hydrogen-bond donors (Lipinski definition) is 0. The molecule has 0 spiro atoms. The van der Waals surface area contributed by atoms with E-state index >= 15 is 0 Å². The minimum Gasteiger partial charge on any atom is -0.270 e. The fourth-order valence-corrected chi connectivity index (χ4v) is 1.86. The quantitative estimate of drug-likeness (QED) is 0.717. The first-order valence-electron chi connectivity index (χ1n) is 4.21. The summed E-state index contributed by atoms with van der Waals surface area (Å²) in [5.41, 5.74) is 3.10. The molecule has 0 aliphatic rings. The van der Waals surface area contributed by atoms with Gasteiger partial charge in [0.25, 0.3) is 0 Å². The molecule has 0 unspecified atom stereocenters. The van der Waals surface area contributed by atoms with Crippen LogP contribution >= 0.6 is 15.9 Å². The highest BCUT2D eigenvalue weighted by molar-refractivity contribution is 9.10. The number of aryl methyl sites for hydroxylation is 2. The number of aromatic nitrogens is 3. The van der Waals surface area contributed by atoms with Crippen LogP contribution < -0.4 is 0 Å². The van der Waals surface area contributed by atoms with Gasteiger partial charge in [-0.3, -0.25) is 4.68 Å². The van der Waals surface area contributed by atoms with E-state index in [4.69, 9.17) is 0 Å². The molecule has 0 aliphatic heterocycles. The number of hydrogen-bond acceptors (Lipinski definition) is 2. The van der Waals surface area contributed by atoms with Gasteiger partial charge in [-0.15, -0.1) is 0 Å². The molecule has 0 saturated carbocycles. The molecule has 68 valence electrons. The smallest absolute Gasteiger partial charge is 0.114 e. The van der Waals surface area contributed by atoms with E-state index in [0.29, 0.717) is 0 Å². The van der Waals surface area contributed by atoms with Crippen LogP contribution in [0.4, 0.5) is 0 Å². The largest absolute Gasteiger partial charge is 0.270 e. The number of fused-ring (bicyclic) bond motifs is 1. The van der Waals surface area contributed by atoms with Gasteiger partial charge >= 0.3 is 0 Å². The molecule has 2 heterocycles. The van der Waals surface area contributed by atoms with Gasteiger partial charge < -0.3 is 0 Å². The monoisotopic (exact) mass is 239 g/mol. The molecule has 2 rings (SSSR count). The third kappa shape index (κ3) is 1.46. The molecule has 2 aromatic rings. The lowest BCUT2D eigenvalue weighted by molar-refractivity contribution is 0.667. The van der Waals surface area contributed by atoms with E-state index < -0.39 is 0 Å². The van der Waals surface area contributed by atoms with Crippen molar-refractivity contribution in [3.05, 3.63) is 22.4 Å². The summed E-state index contributed by atoms with van der Waals surface area (Å²) in [7, 11) is 0. The lowest BCUT2D eigenvalue weighted by atomic mass is 10.2. The molecule has 0 saturated heterocycles. The SMILES string of the molecule is CCn1cc2nc(Br)cc(C)c2n1. The number of halogens is 1. The maximum atomic E-state index is 4.41. The van der Waals surface area contributed by atoms with Crippen LogP contribution in [-0.2, 0) is 6.54 Å². The molecule has 0 fully saturated rings. The van der Waals surface area contributed by atoms with Crippen LogP contribution in [-0.4, -0.2) is 14.8 Å². The molecule has 0 aromatic carbocycles. The first-order valence-corrected chi connectivity index (χ1v) is 5.00. The molecule has 0 aliphatic carbocycles. The van der Waals surface area contributed by atoms with Crippen molar-refractivity contribution in [2.24, 2.45) is 0 Å². The zero-order valence-corrected chi connectivity index (χ0v) is 9.17. The Kier molecular flexibility index (Phi) is 2.07. The molecular formula is C9H10BrN3. The Morgan fingerprint density at radius 1 is 1.54 bits per heavy atom. The molecule has 4 heteroatoms. The third-order valence-corrected chi connectivity index (χ3v) is 2.41. The zero-order valence-electron chi connectivity index (χ0n) is 7.58. The Bertz CT molecular complexity index is 447. The highest BCUT2D eigenvalue weighted by Gasteiger charge is 2.04. The van der Waals surface area contributed by atoms with E-state index in [2.05, 4.69) is 32.9 Å². The summed E-state index contributed by atoms with van der Waals surface area (Å²) >= 11 is 3.37. The van der Waals surface area contributed by atoms with Crippen molar-refractivity contribution in [1.29, 1.82) is 0 Å². The summed E-state index contributed by atoms with van der Waals surface area (Å²) in [5, 5.41) is 4.41. The van der Waals surface area contributed by atoms with Crippen LogP contribution in [0.3, 0.4) is 0 Å². The molecule has 13 heavy (non-hydrogen) atoms. The molecule has 0 N–H and O–H groups in total. The Morgan fingerprint density at radius 2 is 2.31 bits per heavy atom. The van der Waals surface area contributed by atoms with Crippen molar-refractivity contribution in [1.82, 2.24) is 14.8 Å². The van der Waals surface area contributed by atoms with Gasteiger partial charge in [0.1, 0.15) is 15.6 Å². The summed E-state index contributed by atoms with van der Waals surface area (Å²) in [4.78, 5) is 4.34. The second-order valence-electron chi connectivity index (χ2n) is 2.98. The van der Waals surface area contributed by atoms with Gasteiger partial charge in [0.15, 0.2) is 0 Å². The van der Waals surface area contributed by atoms with Gasteiger partial charge in [-0.2, -0.15) is 5.10 Å². The van der Waals surface area contributed by atoms with Crippen molar-refractivity contribution >= 4 is 27.0 Å². The first-order chi connectivity index (χ1) is 6.20. The van der Waals surface area contributed by atoms with E-state index in [0.717, 1.165) is 27.7 Å². The molecular weight excluding hydrogens is 230 g/mol.